The smallest absolute Gasteiger partial charge is 0.310 e. The van der Waals surface area contributed by atoms with Crippen molar-refractivity contribution in [1.82, 2.24) is 0 Å². The van der Waals surface area contributed by atoms with Crippen LogP contribution in [0.25, 0.3) is 11.0 Å². The van der Waals surface area contributed by atoms with Crippen molar-refractivity contribution in [3.05, 3.63) is 98.7 Å². The van der Waals surface area contributed by atoms with E-state index in [-0.39, 0.29) is 22.9 Å². The number of halogens is 1. The number of rotatable bonds is 7. The largest absolute Gasteiger partial charge is 0.477 e. The molecular formula is C23H15BrN2O6. The van der Waals surface area contributed by atoms with Gasteiger partial charge in [0.15, 0.2) is 18.1 Å². The number of furan rings is 1. The Labute approximate surface area is 190 Å². The van der Waals surface area contributed by atoms with Crippen LogP contribution in [0.1, 0.15) is 16.1 Å². The Hall–Kier alpha value is -3.98. The Morgan fingerprint density at radius 1 is 1.00 bits per heavy atom. The Bertz CT molecular complexity index is 1330. The zero-order valence-electron chi connectivity index (χ0n) is 16.4. The second-order valence-corrected chi connectivity index (χ2v) is 7.62. The topological polar surface area (TPSA) is 112 Å². The molecule has 0 unspecified atom stereocenters. The Morgan fingerprint density at radius 3 is 2.44 bits per heavy atom. The lowest BCUT2D eigenvalue weighted by Gasteiger charge is -2.08. The van der Waals surface area contributed by atoms with Crippen molar-refractivity contribution in [2.45, 2.75) is 0 Å². The molecule has 0 radical (unpaired) electrons. The highest BCUT2D eigenvalue weighted by atomic mass is 79.9. The van der Waals surface area contributed by atoms with E-state index in [1.165, 1.54) is 18.2 Å². The monoisotopic (exact) mass is 494 g/mol. The van der Waals surface area contributed by atoms with Gasteiger partial charge in [-0.2, -0.15) is 0 Å². The number of nitro groups is 1. The number of ether oxygens (including phenoxy) is 1. The van der Waals surface area contributed by atoms with Crippen LogP contribution in [0.5, 0.6) is 5.75 Å². The van der Waals surface area contributed by atoms with Crippen LogP contribution in [-0.4, -0.2) is 23.2 Å². The Kier molecular flexibility index (Phi) is 6.00. The normalized spacial score (nSPS) is 10.7. The minimum Gasteiger partial charge on any atom is -0.477 e. The molecule has 0 aliphatic rings. The molecule has 0 fully saturated rings. The number of hydrogen-bond acceptors (Lipinski definition) is 6. The van der Waals surface area contributed by atoms with E-state index in [1.807, 2.05) is 0 Å². The van der Waals surface area contributed by atoms with Gasteiger partial charge in [0.05, 0.1) is 10.6 Å². The number of benzene rings is 3. The number of nitrogens with zero attached hydrogens (tertiary/aromatic N) is 1. The van der Waals surface area contributed by atoms with Gasteiger partial charge < -0.3 is 14.5 Å². The maximum Gasteiger partial charge on any atom is 0.310 e. The summed E-state index contributed by atoms with van der Waals surface area (Å²) >= 11 is 3.33. The van der Waals surface area contributed by atoms with Gasteiger partial charge >= 0.3 is 5.69 Å². The molecule has 1 amide bonds. The van der Waals surface area contributed by atoms with Crippen LogP contribution in [0.15, 0.2) is 81.7 Å². The van der Waals surface area contributed by atoms with Crippen LogP contribution < -0.4 is 10.1 Å². The first-order valence-corrected chi connectivity index (χ1v) is 10.2. The van der Waals surface area contributed by atoms with Gasteiger partial charge in [-0.1, -0.05) is 40.2 Å². The zero-order valence-corrected chi connectivity index (χ0v) is 18.0. The fourth-order valence-corrected chi connectivity index (χ4v) is 3.38. The van der Waals surface area contributed by atoms with Crippen molar-refractivity contribution in [3.8, 4) is 5.75 Å². The van der Waals surface area contributed by atoms with Crippen molar-refractivity contribution in [3.63, 3.8) is 0 Å². The number of nitro benzene ring substituents is 1. The molecule has 0 saturated carbocycles. The number of hydrogen-bond donors (Lipinski definition) is 1. The van der Waals surface area contributed by atoms with Crippen LogP contribution in [0, 0.1) is 10.1 Å². The van der Waals surface area contributed by atoms with E-state index in [0.29, 0.717) is 16.5 Å². The minimum atomic E-state index is -0.598. The Balaban J connectivity index is 1.60. The van der Waals surface area contributed by atoms with Crippen LogP contribution in [-0.2, 0) is 4.79 Å². The molecule has 1 aromatic heterocycles. The van der Waals surface area contributed by atoms with Gasteiger partial charge in [0.2, 0.25) is 5.78 Å². The van der Waals surface area contributed by atoms with Gasteiger partial charge in [-0.25, -0.2) is 0 Å². The summed E-state index contributed by atoms with van der Waals surface area (Å²) in [7, 11) is 0. The Morgan fingerprint density at radius 2 is 1.69 bits per heavy atom. The summed E-state index contributed by atoms with van der Waals surface area (Å²) in [6.45, 7) is -0.490. The van der Waals surface area contributed by atoms with E-state index < -0.39 is 23.2 Å². The lowest BCUT2D eigenvalue weighted by Crippen LogP contribution is -2.21. The number of fused-ring (bicyclic) bond motifs is 1. The summed E-state index contributed by atoms with van der Waals surface area (Å²) in [6, 6.07) is 19.4. The highest BCUT2D eigenvalue weighted by Gasteiger charge is 2.24. The number of nitrogens with one attached hydrogen (secondary N) is 1. The molecule has 8 nitrogen and oxygen atoms in total. The molecule has 3 aromatic carbocycles. The second-order valence-electron chi connectivity index (χ2n) is 6.70. The van der Waals surface area contributed by atoms with E-state index in [9.17, 15) is 19.7 Å². The van der Waals surface area contributed by atoms with Crippen molar-refractivity contribution in [2.24, 2.45) is 0 Å². The molecule has 9 heteroatoms. The van der Waals surface area contributed by atoms with E-state index in [4.69, 9.17) is 9.15 Å². The molecule has 0 aliphatic carbocycles. The van der Waals surface area contributed by atoms with E-state index >= 15 is 0 Å². The van der Waals surface area contributed by atoms with Gasteiger partial charge in [0.1, 0.15) is 5.58 Å². The fourth-order valence-electron chi connectivity index (χ4n) is 3.11. The molecule has 4 aromatic rings. The standard InChI is InChI=1S/C23H15BrN2O6/c24-15-11-9-14(10-12-15)22(28)23-21(16-5-1-3-7-18(16)32-23)25-20(27)13-31-19-8-4-2-6-17(19)26(29)30/h1-12H,13H2,(H,25,27). The number of ketones is 1. The number of carbonyl (C=O) groups is 2. The molecule has 160 valence electrons. The van der Waals surface area contributed by atoms with Crippen molar-refractivity contribution in [2.75, 3.05) is 11.9 Å². The number of para-hydroxylation sites is 3. The fraction of sp³-hybridized carbons (Fsp3) is 0.0435. The van der Waals surface area contributed by atoms with Gasteiger partial charge in [0, 0.05) is 21.5 Å². The summed E-state index contributed by atoms with van der Waals surface area (Å²) in [5.41, 5.74) is 0.784. The molecule has 0 spiro atoms. The zero-order chi connectivity index (χ0) is 22.7. The highest BCUT2D eigenvalue weighted by molar-refractivity contribution is 9.10. The van der Waals surface area contributed by atoms with Gasteiger partial charge in [-0.05, 0) is 42.5 Å². The van der Waals surface area contributed by atoms with Crippen molar-refractivity contribution >= 4 is 50.0 Å². The third-order valence-electron chi connectivity index (χ3n) is 4.59. The summed E-state index contributed by atoms with van der Waals surface area (Å²) in [5.74, 6) is -1.05. The van der Waals surface area contributed by atoms with Gasteiger partial charge in [-0.3, -0.25) is 19.7 Å². The second kappa shape index (κ2) is 9.03. The molecular weight excluding hydrogens is 480 g/mol. The third-order valence-corrected chi connectivity index (χ3v) is 5.12. The van der Waals surface area contributed by atoms with Crippen LogP contribution in [0.3, 0.4) is 0 Å². The van der Waals surface area contributed by atoms with E-state index in [0.717, 1.165) is 4.47 Å². The first-order chi connectivity index (χ1) is 15.4. The predicted octanol–water partition coefficient (Wildman–Crippen LogP) is 5.35. The SMILES string of the molecule is O=C(COc1ccccc1[N+](=O)[O-])Nc1c(C(=O)c2ccc(Br)cc2)oc2ccccc12. The maximum atomic E-state index is 13.1. The lowest BCUT2D eigenvalue weighted by molar-refractivity contribution is -0.385. The average Bonchev–Trinajstić information content (AvgIpc) is 3.16. The molecule has 0 saturated heterocycles. The van der Waals surface area contributed by atoms with Crippen LogP contribution in [0.2, 0.25) is 0 Å². The third kappa shape index (κ3) is 4.37. The molecule has 4 rings (SSSR count). The van der Waals surface area contributed by atoms with E-state index in [1.54, 1.807) is 54.6 Å². The average molecular weight is 495 g/mol. The van der Waals surface area contributed by atoms with Gasteiger partial charge in [0.25, 0.3) is 5.91 Å². The first kappa shape index (κ1) is 21.3. The number of anilines is 1. The molecule has 1 heterocycles. The molecule has 32 heavy (non-hydrogen) atoms. The summed E-state index contributed by atoms with van der Waals surface area (Å²) in [6.07, 6.45) is 0. The molecule has 0 aliphatic heterocycles. The summed E-state index contributed by atoms with van der Waals surface area (Å²) in [5, 5.41) is 14.3. The minimum absolute atomic E-state index is 0.0208. The number of carbonyl (C=O) groups excluding carboxylic acids is 2. The van der Waals surface area contributed by atoms with Crippen LogP contribution in [0.4, 0.5) is 11.4 Å². The van der Waals surface area contributed by atoms with Crippen molar-refractivity contribution < 1.29 is 23.7 Å². The maximum absolute atomic E-state index is 13.1. The summed E-state index contributed by atoms with van der Waals surface area (Å²) in [4.78, 5) is 36.2. The summed E-state index contributed by atoms with van der Waals surface area (Å²) < 4.78 is 11.9. The quantitative estimate of drug-likeness (QED) is 0.210. The lowest BCUT2D eigenvalue weighted by atomic mass is 10.1. The first-order valence-electron chi connectivity index (χ1n) is 9.42. The van der Waals surface area contributed by atoms with Gasteiger partial charge in [-0.15, -0.1) is 0 Å². The van der Waals surface area contributed by atoms with Crippen LogP contribution >= 0.6 is 15.9 Å². The predicted molar refractivity (Wildman–Crippen MR) is 121 cm³/mol. The molecule has 1 N–H and O–H groups in total. The molecule has 0 bridgehead atoms. The van der Waals surface area contributed by atoms with Crippen molar-refractivity contribution in [1.29, 1.82) is 0 Å². The van der Waals surface area contributed by atoms with E-state index in [2.05, 4.69) is 21.2 Å². The highest BCUT2D eigenvalue weighted by Crippen LogP contribution is 2.33. The molecule has 0 atom stereocenters. The number of amides is 1.